The highest BCUT2D eigenvalue weighted by molar-refractivity contribution is 7.89. The number of morpholine rings is 1. The third kappa shape index (κ3) is 4.87. The Morgan fingerprint density at radius 2 is 1.89 bits per heavy atom. The van der Waals surface area contributed by atoms with E-state index in [1.54, 1.807) is 25.3 Å². The van der Waals surface area contributed by atoms with Crippen LogP contribution in [0.25, 0.3) is 0 Å². The average molecular weight is 391 g/mol. The number of hydrogen-bond donors (Lipinski definition) is 1. The maximum Gasteiger partial charge on any atom is 0.243 e. The van der Waals surface area contributed by atoms with Crippen molar-refractivity contribution in [1.82, 2.24) is 9.62 Å². The van der Waals surface area contributed by atoms with Crippen molar-refractivity contribution in [2.24, 2.45) is 0 Å². The fourth-order valence-electron chi connectivity index (χ4n) is 3.05. The van der Waals surface area contributed by atoms with E-state index in [1.807, 2.05) is 30.3 Å². The molecule has 1 aliphatic rings. The molecule has 146 valence electrons. The van der Waals surface area contributed by atoms with Crippen molar-refractivity contribution in [2.75, 3.05) is 33.4 Å². The molecule has 0 radical (unpaired) electrons. The lowest BCUT2D eigenvalue weighted by atomic mass is 10.1. The third-order valence-corrected chi connectivity index (χ3v) is 6.61. The number of sulfonamides is 1. The Bertz CT molecular complexity index is 864. The molecule has 1 saturated heterocycles. The number of nitrogens with zero attached hydrogens (tertiary/aromatic N) is 1. The molecular formula is C20H26N2O4S. The molecule has 0 amide bonds. The second kappa shape index (κ2) is 8.84. The molecule has 2 aromatic carbocycles. The molecule has 1 atom stereocenters. The van der Waals surface area contributed by atoms with Crippen molar-refractivity contribution in [3.05, 3.63) is 59.7 Å². The van der Waals surface area contributed by atoms with Crippen LogP contribution >= 0.6 is 0 Å². The molecule has 27 heavy (non-hydrogen) atoms. The first-order chi connectivity index (χ1) is 13.0. The number of rotatable bonds is 7. The van der Waals surface area contributed by atoms with Gasteiger partial charge in [-0.2, -0.15) is 4.31 Å². The van der Waals surface area contributed by atoms with Crippen LogP contribution in [0.4, 0.5) is 0 Å². The van der Waals surface area contributed by atoms with E-state index < -0.39 is 10.0 Å². The lowest BCUT2D eigenvalue weighted by Crippen LogP contribution is -2.40. The highest BCUT2D eigenvalue weighted by atomic mass is 32.2. The van der Waals surface area contributed by atoms with Crippen molar-refractivity contribution < 1.29 is 17.9 Å². The fourth-order valence-corrected chi connectivity index (χ4v) is 4.53. The Labute approximate surface area is 161 Å². The van der Waals surface area contributed by atoms with Crippen LogP contribution in [0.5, 0.6) is 5.75 Å². The molecule has 1 aliphatic heterocycles. The molecule has 2 aromatic rings. The summed E-state index contributed by atoms with van der Waals surface area (Å²) >= 11 is 0. The molecule has 1 N–H and O–H groups in total. The Morgan fingerprint density at radius 1 is 1.15 bits per heavy atom. The Balaban J connectivity index is 1.68. The summed E-state index contributed by atoms with van der Waals surface area (Å²) < 4.78 is 37.6. The quantitative estimate of drug-likeness (QED) is 0.787. The molecule has 1 fully saturated rings. The number of hydrogen-bond acceptors (Lipinski definition) is 5. The zero-order valence-electron chi connectivity index (χ0n) is 15.7. The molecule has 0 unspecified atom stereocenters. The molecule has 7 heteroatoms. The van der Waals surface area contributed by atoms with Gasteiger partial charge < -0.3 is 14.8 Å². The maximum absolute atomic E-state index is 12.8. The zero-order chi connectivity index (χ0) is 19.3. The molecular weight excluding hydrogens is 364 g/mol. The van der Waals surface area contributed by atoms with E-state index in [9.17, 15) is 8.42 Å². The first kappa shape index (κ1) is 19.8. The first-order valence-corrected chi connectivity index (χ1v) is 10.5. The van der Waals surface area contributed by atoms with E-state index >= 15 is 0 Å². The van der Waals surface area contributed by atoms with E-state index in [0.29, 0.717) is 37.7 Å². The predicted octanol–water partition coefficient (Wildman–Crippen LogP) is 2.57. The predicted molar refractivity (Wildman–Crippen MR) is 104 cm³/mol. The van der Waals surface area contributed by atoms with Gasteiger partial charge in [0, 0.05) is 25.7 Å². The van der Waals surface area contributed by atoms with Crippen LogP contribution in [-0.2, 0) is 21.3 Å². The summed E-state index contributed by atoms with van der Waals surface area (Å²) in [5.74, 6) is 0.819. The second-order valence-corrected chi connectivity index (χ2v) is 8.48. The summed E-state index contributed by atoms with van der Waals surface area (Å²) in [5, 5.41) is 3.44. The van der Waals surface area contributed by atoms with Gasteiger partial charge in [0.1, 0.15) is 5.75 Å². The van der Waals surface area contributed by atoms with Crippen molar-refractivity contribution >= 4 is 10.0 Å². The smallest absolute Gasteiger partial charge is 0.243 e. The maximum atomic E-state index is 12.8. The molecule has 6 nitrogen and oxygen atoms in total. The van der Waals surface area contributed by atoms with Crippen molar-refractivity contribution in [2.45, 2.75) is 24.4 Å². The normalized spacial score (nSPS) is 16.8. The van der Waals surface area contributed by atoms with Gasteiger partial charge in [0.2, 0.25) is 10.0 Å². The van der Waals surface area contributed by atoms with Gasteiger partial charge in [-0.1, -0.05) is 24.3 Å². The number of nitrogens with one attached hydrogen (secondary N) is 1. The Kier molecular flexibility index (Phi) is 6.49. The summed E-state index contributed by atoms with van der Waals surface area (Å²) in [4.78, 5) is 0.331. The molecule has 0 aliphatic carbocycles. The van der Waals surface area contributed by atoms with E-state index in [0.717, 1.165) is 16.9 Å². The van der Waals surface area contributed by atoms with Crippen molar-refractivity contribution in [1.29, 1.82) is 0 Å². The minimum atomic E-state index is -3.48. The lowest BCUT2D eigenvalue weighted by molar-refractivity contribution is 0.0730. The van der Waals surface area contributed by atoms with Gasteiger partial charge in [0.25, 0.3) is 0 Å². The third-order valence-electron chi connectivity index (χ3n) is 4.71. The van der Waals surface area contributed by atoms with E-state index in [2.05, 4.69) is 12.2 Å². The summed E-state index contributed by atoms with van der Waals surface area (Å²) in [5.41, 5.74) is 2.05. The molecule has 1 heterocycles. The first-order valence-electron chi connectivity index (χ1n) is 9.05. The van der Waals surface area contributed by atoms with E-state index in [-0.39, 0.29) is 6.04 Å². The SMILES string of the molecule is COc1cccc([C@H](C)NCc2cccc(S(=O)(=O)N3CCOCC3)c2)c1. The van der Waals surface area contributed by atoms with Crippen LogP contribution in [0.1, 0.15) is 24.1 Å². The molecule has 0 bridgehead atoms. The lowest BCUT2D eigenvalue weighted by Gasteiger charge is -2.26. The van der Waals surface area contributed by atoms with Crippen LogP contribution < -0.4 is 10.1 Å². The summed E-state index contributed by atoms with van der Waals surface area (Å²) in [6.45, 7) is 4.33. The van der Waals surface area contributed by atoms with Crippen LogP contribution in [0.3, 0.4) is 0 Å². The Hall–Kier alpha value is -1.93. The van der Waals surface area contributed by atoms with Gasteiger partial charge in [0.15, 0.2) is 0 Å². The molecule has 0 spiro atoms. The number of benzene rings is 2. The van der Waals surface area contributed by atoms with E-state index in [4.69, 9.17) is 9.47 Å². The van der Waals surface area contributed by atoms with Crippen LogP contribution in [-0.4, -0.2) is 46.1 Å². The zero-order valence-corrected chi connectivity index (χ0v) is 16.5. The van der Waals surface area contributed by atoms with Gasteiger partial charge in [-0.05, 0) is 42.3 Å². The average Bonchev–Trinajstić information content (AvgIpc) is 2.73. The summed E-state index contributed by atoms with van der Waals surface area (Å²) in [6, 6.07) is 15.1. The summed E-state index contributed by atoms with van der Waals surface area (Å²) in [6.07, 6.45) is 0. The van der Waals surface area contributed by atoms with Crippen LogP contribution in [0, 0.1) is 0 Å². The highest BCUT2D eigenvalue weighted by Gasteiger charge is 2.26. The minimum Gasteiger partial charge on any atom is -0.497 e. The van der Waals surface area contributed by atoms with Gasteiger partial charge in [-0.25, -0.2) is 8.42 Å². The molecule has 0 saturated carbocycles. The largest absolute Gasteiger partial charge is 0.497 e. The van der Waals surface area contributed by atoms with Crippen molar-refractivity contribution in [3.8, 4) is 5.75 Å². The highest BCUT2D eigenvalue weighted by Crippen LogP contribution is 2.21. The second-order valence-electron chi connectivity index (χ2n) is 6.54. The number of ether oxygens (including phenoxy) is 2. The van der Waals surface area contributed by atoms with Gasteiger partial charge in [0.05, 0.1) is 25.2 Å². The van der Waals surface area contributed by atoms with E-state index in [1.165, 1.54) is 4.31 Å². The van der Waals surface area contributed by atoms with Gasteiger partial charge in [-0.15, -0.1) is 0 Å². The topological polar surface area (TPSA) is 67.9 Å². The van der Waals surface area contributed by atoms with Gasteiger partial charge in [-0.3, -0.25) is 0 Å². The molecule has 0 aromatic heterocycles. The molecule has 3 rings (SSSR count). The number of methoxy groups -OCH3 is 1. The van der Waals surface area contributed by atoms with Crippen LogP contribution in [0.2, 0.25) is 0 Å². The van der Waals surface area contributed by atoms with Crippen LogP contribution in [0.15, 0.2) is 53.4 Å². The standard InChI is InChI=1S/C20H26N2O4S/c1-16(18-6-4-7-19(14-18)25-2)21-15-17-5-3-8-20(13-17)27(23,24)22-9-11-26-12-10-22/h3-8,13-14,16,21H,9-12,15H2,1-2H3/t16-/m0/s1. The van der Waals surface area contributed by atoms with Gasteiger partial charge >= 0.3 is 0 Å². The fraction of sp³-hybridized carbons (Fsp3) is 0.400. The monoisotopic (exact) mass is 390 g/mol. The Morgan fingerprint density at radius 3 is 2.63 bits per heavy atom. The summed E-state index contributed by atoms with van der Waals surface area (Å²) in [7, 11) is -1.82. The van der Waals surface area contributed by atoms with Crippen molar-refractivity contribution in [3.63, 3.8) is 0 Å². The minimum absolute atomic E-state index is 0.111.